The van der Waals surface area contributed by atoms with E-state index in [4.69, 9.17) is 0 Å². The van der Waals surface area contributed by atoms with Crippen molar-refractivity contribution in [1.29, 1.82) is 0 Å². The lowest BCUT2D eigenvalue weighted by Crippen LogP contribution is -2.51. The Morgan fingerprint density at radius 1 is 1.50 bits per heavy atom. The third kappa shape index (κ3) is 3.03. The second-order valence-corrected chi connectivity index (χ2v) is 3.79. The number of rotatable bonds is 6. The van der Waals surface area contributed by atoms with Gasteiger partial charge in [0.05, 0.1) is 18.3 Å². The van der Waals surface area contributed by atoms with E-state index in [0.717, 1.165) is 0 Å². The summed E-state index contributed by atoms with van der Waals surface area (Å²) in [6.45, 7) is 3.95. The summed E-state index contributed by atoms with van der Waals surface area (Å²) in [7, 11) is 0. The summed E-state index contributed by atoms with van der Waals surface area (Å²) in [6, 6.07) is 0. The number of aliphatic hydroxyl groups is 1. The lowest BCUT2D eigenvalue weighted by atomic mass is 9.94. The number of carbonyl (C=O) groups is 1. The number of carbonyl (C=O) groups excluding carboxylic acids is 1. The molecule has 0 aliphatic rings. The molecular weight excluding hydrogens is 208 g/mol. The van der Waals surface area contributed by atoms with E-state index >= 15 is 0 Å². The van der Waals surface area contributed by atoms with Crippen LogP contribution in [0.3, 0.4) is 0 Å². The van der Waals surface area contributed by atoms with E-state index in [2.05, 4.69) is 15.6 Å². The predicted molar refractivity (Wildman–Crippen MR) is 58.6 cm³/mol. The number of nitrogens with one attached hydrogen (secondary N) is 1. The smallest absolute Gasteiger partial charge is 0.242 e. The van der Waals surface area contributed by atoms with Gasteiger partial charge in [-0.05, 0) is 12.8 Å². The van der Waals surface area contributed by atoms with Crippen molar-refractivity contribution in [3.63, 3.8) is 0 Å². The summed E-state index contributed by atoms with van der Waals surface area (Å²) in [5, 5.41) is 19.5. The second kappa shape index (κ2) is 5.60. The highest BCUT2D eigenvalue weighted by Gasteiger charge is 2.26. The zero-order valence-electron chi connectivity index (χ0n) is 9.68. The Morgan fingerprint density at radius 3 is 2.62 bits per heavy atom. The van der Waals surface area contributed by atoms with Crippen molar-refractivity contribution in [2.75, 3.05) is 6.61 Å². The van der Waals surface area contributed by atoms with E-state index in [1.54, 1.807) is 6.20 Å². The molecule has 0 aromatic carbocycles. The molecule has 1 aromatic rings. The van der Waals surface area contributed by atoms with Gasteiger partial charge >= 0.3 is 0 Å². The normalized spacial score (nSPS) is 11.4. The van der Waals surface area contributed by atoms with E-state index in [-0.39, 0.29) is 19.1 Å². The molecule has 0 atom stereocenters. The Morgan fingerprint density at radius 2 is 2.19 bits per heavy atom. The van der Waals surface area contributed by atoms with Gasteiger partial charge in [0.2, 0.25) is 5.91 Å². The summed E-state index contributed by atoms with van der Waals surface area (Å²) in [5.41, 5.74) is -0.516. The highest BCUT2D eigenvalue weighted by Crippen LogP contribution is 2.13. The second-order valence-electron chi connectivity index (χ2n) is 3.79. The number of amides is 1. The Bertz CT molecular complexity index is 311. The first-order valence-electron chi connectivity index (χ1n) is 5.41. The predicted octanol–water partition coefficient (Wildman–Crippen LogP) is -0.0546. The fourth-order valence-electron chi connectivity index (χ4n) is 1.49. The Kier molecular flexibility index (Phi) is 4.42. The molecular formula is C10H18N4O2. The van der Waals surface area contributed by atoms with Crippen LogP contribution < -0.4 is 5.32 Å². The summed E-state index contributed by atoms with van der Waals surface area (Å²) in [6.07, 6.45) is 4.54. The molecule has 0 saturated carbocycles. The Hall–Kier alpha value is -1.43. The summed E-state index contributed by atoms with van der Waals surface area (Å²) in [5.74, 6) is -0.164. The largest absolute Gasteiger partial charge is 0.394 e. The Labute approximate surface area is 94.7 Å². The molecule has 0 saturated heterocycles. The molecule has 0 bridgehead atoms. The fourth-order valence-corrected chi connectivity index (χ4v) is 1.49. The zero-order chi connectivity index (χ0) is 12.0. The van der Waals surface area contributed by atoms with Crippen LogP contribution in [0.4, 0.5) is 0 Å². The lowest BCUT2D eigenvalue weighted by Gasteiger charge is -2.30. The van der Waals surface area contributed by atoms with Gasteiger partial charge in [0.25, 0.3) is 0 Å². The minimum Gasteiger partial charge on any atom is -0.394 e. The minimum absolute atomic E-state index is 0.0525. The van der Waals surface area contributed by atoms with E-state index < -0.39 is 5.54 Å². The van der Waals surface area contributed by atoms with Crippen LogP contribution in [0.15, 0.2) is 12.4 Å². The quantitative estimate of drug-likeness (QED) is 0.712. The van der Waals surface area contributed by atoms with Crippen LogP contribution in [-0.2, 0) is 11.3 Å². The first-order chi connectivity index (χ1) is 7.65. The SMILES string of the molecule is CCC(CC)(CO)NC(=O)Cn1ccnn1. The van der Waals surface area contributed by atoms with E-state index in [9.17, 15) is 9.90 Å². The standard InChI is InChI=1S/C10H18N4O2/c1-3-10(4-2,8-15)12-9(16)7-14-6-5-11-13-14/h5-6,15H,3-4,7-8H2,1-2H3,(H,12,16). The molecule has 16 heavy (non-hydrogen) atoms. The van der Waals surface area contributed by atoms with Crippen molar-refractivity contribution in [2.24, 2.45) is 0 Å². The number of hydrogen-bond acceptors (Lipinski definition) is 4. The van der Waals surface area contributed by atoms with Crippen LogP contribution in [0.1, 0.15) is 26.7 Å². The molecule has 0 aliphatic carbocycles. The molecule has 0 spiro atoms. The van der Waals surface area contributed by atoms with Gasteiger partial charge < -0.3 is 10.4 Å². The van der Waals surface area contributed by atoms with Crippen molar-refractivity contribution in [3.05, 3.63) is 12.4 Å². The van der Waals surface area contributed by atoms with Crippen molar-refractivity contribution >= 4 is 5.91 Å². The van der Waals surface area contributed by atoms with E-state index in [1.165, 1.54) is 10.9 Å². The van der Waals surface area contributed by atoms with Crippen LogP contribution in [0, 0.1) is 0 Å². The number of aliphatic hydroxyl groups excluding tert-OH is 1. The van der Waals surface area contributed by atoms with Crippen molar-refractivity contribution < 1.29 is 9.90 Å². The molecule has 1 heterocycles. The van der Waals surface area contributed by atoms with Gasteiger partial charge in [0.15, 0.2) is 0 Å². The summed E-state index contributed by atoms with van der Waals surface area (Å²) >= 11 is 0. The van der Waals surface area contributed by atoms with Crippen molar-refractivity contribution in [3.8, 4) is 0 Å². The molecule has 0 unspecified atom stereocenters. The van der Waals surface area contributed by atoms with Crippen LogP contribution in [0.5, 0.6) is 0 Å². The third-order valence-corrected chi connectivity index (χ3v) is 2.84. The average molecular weight is 226 g/mol. The maximum atomic E-state index is 11.7. The van der Waals surface area contributed by atoms with E-state index in [0.29, 0.717) is 12.8 Å². The topological polar surface area (TPSA) is 80.0 Å². The van der Waals surface area contributed by atoms with Gasteiger partial charge in [-0.25, -0.2) is 4.68 Å². The molecule has 6 heteroatoms. The molecule has 90 valence electrons. The van der Waals surface area contributed by atoms with Crippen molar-refractivity contribution in [1.82, 2.24) is 20.3 Å². The first-order valence-corrected chi connectivity index (χ1v) is 5.41. The van der Waals surface area contributed by atoms with Crippen LogP contribution in [0.25, 0.3) is 0 Å². The summed E-state index contributed by atoms with van der Waals surface area (Å²) in [4.78, 5) is 11.7. The van der Waals surface area contributed by atoms with Crippen LogP contribution in [-0.4, -0.2) is 38.2 Å². The monoisotopic (exact) mass is 226 g/mol. The fraction of sp³-hybridized carbons (Fsp3) is 0.700. The van der Waals surface area contributed by atoms with Crippen LogP contribution >= 0.6 is 0 Å². The molecule has 1 aromatic heterocycles. The zero-order valence-corrected chi connectivity index (χ0v) is 9.68. The first kappa shape index (κ1) is 12.6. The van der Waals surface area contributed by atoms with Crippen molar-refractivity contribution in [2.45, 2.75) is 38.8 Å². The van der Waals surface area contributed by atoms with E-state index in [1.807, 2.05) is 13.8 Å². The molecule has 1 amide bonds. The molecule has 0 aliphatic heterocycles. The maximum Gasteiger partial charge on any atom is 0.242 e. The van der Waals surface area contributed by atoms with Gasteiger partial charge in [-0.15, -0.1) is 5.10 Å². The Balaban J connectivity index is 2.55. The molecule has 2 N–H and O–H groups in total. The minimum atomic E-state index is -0.516. The van der Waals surface area contributed by atoms with Gasteiger partial charge in [-0.3, -0.25) is 4.79 Å². The summed E-state index contributed by atoms with van der Waals surface area (Å²) < 4.78 is 1.45. The number of hydrogen-bond donors (Lipinski definition) is 2. The maximum absolute atomic E-state index is 11.7. The number of nitrogens with zero attached hydrogens (tertiary/aromatic N) is 3. The lowest BCUT2D eigenvalue weighted by molar-refractivity contribution is -0.124. The van der Waals surface area contributed by atoms with Gasteiger partial charge in [-0.2, -0.15) is 0 Å². The number of aromatic nitrogens is 3. The van der Waals surface area contributed by atoms with Gasteiger partial charge in [0.1, 0.15) is 6.54 Å². The van der Waals surface area contributed by atoms with Gasteiger partial charge in [0, 0.05) is 6.20 Å². The average Bonchev–Trinajstić information content (AvgIpc) is 2.79. The van der Waals surface area contributed by atoms with Gasteiger partial charge in [-0.1, -0.05) is 19.1 Å². The molecule has 0 radical (unpaired) electrons. The molecule has 6 nitrogen and oxygen atoms in total. The highest BCUT2D eigenvalue weighted by molar-refractivity contribution is 5.76. The highest BCUT2D eigenvalue weighted by atomic mass is 16.3. The van der Waals surface area contributed by atoms with Crippen LogP contribution in [0.2, 0.25) is 0 Å². The molecule has 1 rings (SSSR count). The molecule has 0 fully saturated rings. The third-order valence-electron chi connectivity index (χ3n) is 2.84.